The Kier molecular flexibility index (Phi) is 24.7. The average molecular weight is 2040 g/mol. The second kappa shape index (κ2) is 35.5. The molecule has 732 valence electrons. The molecule has 9 aliphatic heterocycles. The summed E-state index contributed by atoms with van der Waals surface area (Å²) in [4.78, 5) is 155. The molecule has 9 fully saturated rings. The number of phosphoric ester groups is 6. The summed E-state index contributed by atoms with van der Waals surface area (Å²) in [7, 11) is -30.5. The summed E-state index contributed by atoms with van der Waals surface area (Å²) < 4.78 is 184. The molecule has 0 saturated carbocycles. The van der Waals surface area contributed by atoms with Gasteiger partial charge in [-0.05, 0) is 18.2 Å². The van der Waals surface area contributed by atoms with Crippen molar-refractivity contribution in [3.05, 3.63) is 99.1 Å². The number of ether oxygens (including phenoxy) is 6. The molecule has 0 spiro atoms. The minimum atomic E-state index is -5.14. The molecule has 6 bridgehead atoms. The molecular weight excluding hydrogens is 1960 g/mol. The fourth-order valence-electron chi connectivity index (χ4n) is 16.3. The smallest absolute Gasteiger partial charge is 0.387 e. The van der Waals surface area contributed by atoms with E-state index in [4.69, 9.17) is 123 Å². The highest BCUT2D eigenvalue weighted by Crippen LogP contribution is 2.59. The molecule has 0 radical (unpaired) electrons. The zero-order chi connectivity index (χ0) is 96.4. The van der Waals surface area contributed by atoms with Crippen LogP contribution in [-0.4, -0.2) is 317 Å². The number of aromatic amines is 3. The van der Waals surface area contributed by atoms with E-state index in [0.29, 0.717) is 10.9 Å². The van der Waals surface area contributed by atoms with Crippen molar-refractivity contribution in [1.29, 1.82) is 0 Å². The fourth-order valence-corrected chi connectivity index (χ4v) is 22.0. The van der Waals surface area contributed by atoms with Crippen LogP contribution in [0.4, 0.5) is 41.2 Å². The van der Waals surface area contributed by atoms with Gasteiger partial charge in [-0.2, -0.15) is 30.0 Å². The molecule has 136 heavy (non-hydrogen) atoms. The first-order valence-electron chi connectivity index (χ1n) is 39.4. The SMILES string of the molecule is Nc1nc(N)c2ncn([C@@H]3O[C@@H]4COP(=O)(O)O[C@@H]5[C@H](O)[C@@H](COP(=O)(O)O[C@H]4[C@H]3O)O[C@H]5n3cnc4c(=O)[nH]c(N)nc43)c2n1.Nc1nc2c(ncn2[C@@H]2O[C@@H]3COP(=O)(O)O[C@H]4[C@@H](O)[C@H](c5ccc6c(N)ncnn56)O[C@@H]4COP(=O)(O)O[C@@H]2[C@@H]3O)c(=O)[nH]1.Nc1nc2c(ncn2[C@@H]2O[C@@H]3COP(=O)(O)O[C@H]4[C@@H](O)[C@H](n5ccc6c(N)ncnc65)O[C@@H]4COP(=O)(O)O[C@@H]2[C@@H]3O)c(=O)[nH]1. The number of aromatic nitrogens is 22. The minimum absolute atomic E-state index is 0.0300. The van der Waals surface area contributed by atoms with Gasteiger partial charge in [-0.15, -0.1) is 0 Å². The van der Waals surface area contributed by atoms with Crippen LogP contribution in [0.15, 0.2) is 76.7 Å². The molecule has 21 rings (SSSR count). The lowest BCUT2D eigenvalue weighted by atomic mass is 10.1. The topological polar surface area (TPSA) is 989 Å². The molecule has 29 N–H and O–H groups in total. The van der Waals surface area contributed by atoms with Gasteiger partial charge in [-0.3, -0.25) is 102 Å². The Bertz CT molecular complexity index is 6900. The van der Waals surface area contributed by atoms with Crippen LogP contribution >= 0.6 is 46.9 Å². The third-order valence-corrected chi connectivity index (χ3v) is 28.3. The van der Waals surface area contributed by atoms with E-state index in [-0.39, 0.29) is 97.2 Å². The van der Waals surface area contributed by atoms with Crippen molar-refractivity contribution in [2.24, 2.45) is 0 Å². The Morgan fingerprint density at radius 1 is 0.338 bits per heavy atom. The first-order chi connectivity index (χ1) is 64.3. The monoisotopic (exact) mass is 2040 g/mol. The number of nitrogens with one attached hydrogen (secondary N) is 3. The maximum absolute atomic E-state index is 13.2. The highest BCUT2D eigenvalue weighted by atomic mass is 31.2. The maximum atomic E-state index is 13.2. The zero-order valence-corrected chi connectivity index (χ0v) is 73.4. The predicted octanol–water partition coefficient (Wildman–Crippen LogP) is -6.39. The molecule has 68 nitrogen and oxygen atoms in total. The molecule has 74 heteroatoms. The lowest BCUT2D eigenvalue weighted by Gasteiger charge is -2.25. The number of H-pyrrole nitrogens is 3. The van der Waals surface area contributed by atoms with Crippen molar-refractivity contribution in [3.63, 3.8) is 0 Å². The predicted molar refractivity (Wildman–Crippen MR) is 438 cm³/mol. The van der Waals surface area contributed by atoms with E-state index >= 15 is 0 Å². The number of aliphatic hydroxyl groups is 6. The van der Waals surface area contributed by atoms with Crippen molar-refractivity contribution < 1.29 is 170 Å². The van der Waals surface area contributed by atoms with Crippen LogP contribution in [0.1, 0.15) is 42.9 Å². The normalized spacial score (nSPS) is 37.5. The van der Waals surface area contributed by atoms with Gasteiger partial charge in [-0.25, -0.2) is 66.8 Å². The number of aliphatic hydroxyl groups excluding tert-OH is 6. The summed E-state index contributed by atoms with van der Waals surface area (Å²) >= 11 is 0. The number of hydrogen-bond donors (Lipinski definition) is 22. The van der Waals surface area contributed by atoms with Crippen molar-refractivity contribution in [1.82, 2.24) is 107 Å². The summed E-state index contributed by atoms with van der Waals surface area (Å²) in [6, 6.07) is 4.64. The Balaban J connectivity index is 0.000000131. The first kappa shape index (κ1) is 94.6. The third kappa shape index (κ3) is 18.0. The zero-order valence-electron chi connectivity index (χ0n) is 68.0. The summed E-state index contributed by atoms with van der Waals surface area (Å²) in [5.41, 5.74) is 38.3. The summed E-state index contributed by atoms with van der Waals surface area (Å²) in [5, 5.41) is 71.0. The van der Waals surface area contributed by atoms with E-state index in [1.54, 1.807) is 12.1 Å². The quantitative estimate of drug-likeness (QED) is 0.0689. The molecule has 12 aromatic heterocycles. The number of hydrogen-bond acceptors (Lipinski definition) is 53. The van der Waals surface area contributed by atoms with Gasteiger partial charge in [0.05, 0.1) is 76.0 Å². The lowest BCUT2D eigenvalue weighted by molar-refractivity contribution is -0.0672. The van der Waals surface area contributed by atoms with E-state index in [2.05, 4.69) is 79.9 Å². The Morgan fingerprint density at radius 2 is 0.684 bits per heavy atom. The third-order valence-electron chi connectivity index (χ3n) is 22.4. The van der Waals surface area contributed by atoms with Crippen LogP contribution in [0.2, 0.25) is 0 Å². The van der Waals surface area contributed by atoms with Gasteiger partial charge in [0.1, 0.15) is 151 Å². The van der Waals surface area contributed by atoms with Crippen molar-refractivity contribution in [2.75, 3.05) is 79.8 Å². The van der Waals surface area contributed by atoms with Crippen LogP contribution in [0, 0.1) is 0 Å². The molecule has 0 aromatic carbocycles. The average Bonchev–Trinajstić information content (AvgIpc) is 1.59. The minimum Gasteiger partial charge on any atom is -0.387 e. The number of anilines is 7. The van der Waals surface area contributed by atoms with Crippen LogP contribution in [0.3, 0.4) is 0 Å². The van der Waals surface area contributed by atoms with Crippen molar-refractivity contribution in [3.8, 4) is 0 Å². The fraction of sp³-hybridized carbons (Fsp3) is 0.484. The number of nitrogens with two attached hydrogens (primary N) is 7. The van der Waals surface area contributed by atoms with Crippen LogP contribution in [0.25, 0.3) is 61.2 Å². The summed E-state index contributed by atoms with van der Waals surface area (Å²) in [6.07, 6.45) is -29.5. The van der Waals surface area contributed by atoms with Gasteiger partial charge in [-0.1, -0.05) is 0 Å². The van der Waals surface area contributed by atoms with E-state index in [1.165, 1.54) is 44.9 Å². The number of fused-ring (bicyclic) bond motifs is 15. The van der Waals surface area contributed by atoms with Crippen molar-refractivity contribution in [2.45, 2.75) is 147 Å². The van der Waals surface area contributed by atoms with Gasteiger partial charge in [0.15, 0.2) is 81.9 Å². The molecule has 0 aliphatic carbocycles. The second-order valence-electron chi connectivity index (χ2n) is 30.9. The van der Waals surface area contributed by atoms with Gasteiger partial charge >= 0.3 is 46.9 Å². The van der Waals surface area contributed by atoms with Gasteiger partial charge < -0.3 is 133 Å². The number of nitrogen functional groups attached to an aromatic ring is 7. The van der Waals surface area contributed by atoms with Crippen LogP contribution < -0.4 is 56.8 Å². The molecule has 12 aromatic rings. The van der Waals surface area contributed by atoms with Gasteiger partial charge in [0.2, 0.25) is 23.8 Å². The summed E-state index contributed by atoms with van der Waals surface area (Å²) in [6.45, 7) is -4.93. The number of phosphoric acid groups is 6. The Hall–Kier alpha value is -10.4. The lowest BCUT2D eigenvalue weighted by Crippen LogP contribution is -2.36. The second-order valence-corrected chi connectivity index (χ2v) is 39.3. The van der Waals surface area contributed by atoms with E-state index in [9.17, 15) is 102 Å². The Morgan fingerprint density at radius 3 is 1.10 bits per heavy atom. The highest BCUT2D eigenvalue weighted by Gasteiger charge is 2.59. The van der Waals surface area contributed by atoms with E-state index in [1.807, 2.05) is 0 Å². The number of rotatable bonds is 6. The van der Waals surface area contributed by atoms with Gasteiger partial charge in [0, 0.05) is 6.20 Å². The van der Waals surface area contributed by atoms with Crippen LogP contribution in [0.5, 0.6) is 0 Å². The molecule has 0 amide bonds. The molecule has 21 heterocycles. The maximum Gasteiger partial charge on any atom is 0.472 e. The van der Waals surface area contributed by atoms with Crippen LogP contribution in [-0.2, 0) is 110 Å². The number of nitrogens with zero attached hydrogens (tertiary/aromatic N) is 19. The standard InChI is InChI=1S/2C21H25N9O13P2.C20H25N11O13P2/c22-15-7-1-2-29(16(7)25-5-24-15)19-12(32)13-9(41-19)4-39-45(36,37)43-14-11(31)8(3-38-44(34,35)42-13)40-20(14)30-6-26-10-17(30)27-21(23)28-18(10)33;22-17-8-2-1-7(30(8)26-5-24-17)14-13(32)15-10(40-14)4-39-45(36,37)43-16-12(31)9(3-38-44(34,35)42-15)41-20(16)29-6-25-11-18(29)27-21(23)28-19(11)33;21-13-7-14(27-19(22)26-13)30(3-24-7)17-10(33)11-6(42-17)2-40-46(37,38)44-12-9(32)5(1-39-45(35,36)43-11)41-18(12)31-4-25-8-15(31)28-20(23)29-16(8)34/h1-2,5-6,8-9,11-14,19-20,31-32H,3-4H2,(H,34,35)(H,36,37)(H2,22,24,25)(H3,23,27,28,33);1-2,5-6,9-10,12-16,20,31-32H,3-4H2,(H,34,35)(H,36,37)(H2,22,24,26)(H3,23,27,28,33);3-6,9-12,17-18,32-33H,1-2H2,(H,35,36)(H,37,38)(H4,21,22,26,27)(H3,23,28,29,34)/t8-,9-,11-,12-,13-,14-,19-,20-;9-,10-,12-,13+,14+,15-,16-,20-;5-,6-,9-,10-,11-,12-,17-,18-/m111/s1. The van der Waals surface area contributed by atoms with Crippen molar-refractivity contribution >= 4 is 149 Å². The highest BCUT2D eigenvalue weighted by molar-refractivity contribution is 7.48. The molecule has 30 atom stereocenters. The molecule has 9 saturated heterocycles. The first-order valence-corrected chi connectivity index (χ1v) is 48.4. The largest absolute Gasteiger partial charge is 0.472 e. The Labute approximate surface area is 749 Å². The molecular formula is C62H75N29O39P6. The van der Waals surface area contributed by atoms with Gasteiger partial charge in [0.25, 0.3) is 16.7 Å². The van der Waals surface area contributed by atoms with E-state index < -0.39 is 250 Å². The van der Waals surface area contributed by atoms with E-state index in [0.717, 1.165) is 32.7 Å². The number of imidazole rings is 4. The molecule has 9 aliphatic rings. The summed E-state index contributed by atoms with van der Waals surface area (Å²) in [5.74, 6) is -0.873. The molecule has 6 unspecified atom stereocenters.